The third kappa shape index (κ3) is 5.38. The number of allylic oxidation sites excluding steroid dienone is 6. The fourth-order valence-corrected chi connectivity index (χ4v) is 1.26. The van der Waals surface area contributed by atoms with Crippen LogP contribution in [0.5, 0.6) is 0 Å². The van der Waals surface area contributed by atoms with Crippen molar-refractivity contribution in [2.24, 2.45) is 10.2 Å². The van der Waals surface area contributed by atoms with Crippen LogP contribution >= 0.6 is 0 Å². The SMILES string of the molecule is C=CC(=C\C(C)=C/C)/C(C)=N/C(C)=C(\C)C(=O)N=O. The molecule has 0 aliphatic heterocycles. The van der Waals surface area contributed by atoms with Gasteiger partial charge in [-0.15, -0.1) is 4.91 Å². The Bertz CT molecular complexity index is 506. The minimum atomic E-state index is -0.789. The number of amides is 1. The number of hydrogen-bond acceptors (Lipinski definition) is 3. The van der Waals surface area contributed by atoms with Crippen molar-refractivity contribution >= 4 is 11.6 Å². The zero-order valence-electron chi connectivity index (χ0n) is 12.2. The molecule has 0 aromatic rings. The Kier molecular flexibility index (Phi) is 7.19. The number of rotatable bonds is 5. The van der Waals surface area contributed by atoms with Crippen molar-refractivity contribution in [3.63, 3.8) is 0 Å². The first kappa shape index (κ1) is 16.9. The van der Waals surface area contributed by atoms with Gasteiger partial charge in [0.15, 0.2) is 0 Å². The predicted molar refractivity (Wildman–Crippen MR) is 80.0 cm³/mol. The molecule has 0 unspecified atom stereocenters. The van der Waals surface area contributed by atoms with Gasteiger partial charge in [-0.2, -0.15) is 0 Å². The van der Waals surface area contributed by atoms with Crippen LogP contribution in [-0.2, 0) is 4.79 Å². The molecule has 0 saturated carbocycles. The van der Waals surface area contributed by atoms with E-state index in [4.69, 9.17) is 0 Å². The van der Waals surface area contributed by atoms with E-state index in [0.29, 0.717) is 5.70 Å². The van der Waals surface area contributed by atoms with Gasteiger partial charge >= 0.3 is 5.91 Å². The Morgan fingerprint density at radius 2 is 1.74 bits per heavy atom. The summed E-state index contributed by atoms with van der Waals surface area (Å²) in [6.45, 7) is 12.7. The largest absolute Gasteiger partial charge is 0.314 e. The molecule has 0 radical (unpaired) electrons. The van der Waals surface area contributed by atoms with Crippen molar-refractivity contribution < 1.29 is 4.79 Å². The molecule has 4 nitrogen and oxygen atoms in total. The van der Waals surface area contributed by atoms with E-state index in [1.165, 1.54) is 6.92 Å². The Balaban J connectivity index is 5.51. The van der Waals surface area contributed by atoms with Crippen molar-refractivity contribution in [1.29, 1.82) is 0 Å². The van der Waals surface area contributed by atoms with Crippen LogP contribution < -0.4 is 0 Å². The molecule has 0 heterocycles. The van der Waals surface area contributed by atoms with E-state index < -0.39 is 5.91 Å². The maximum atomic E-state index is 11.1. The van der Waals surface area contributed by atoms with Crippen LogP contribution in [0.4, 0.5) is 0 Å². The number of carbonyl (C=O) groups excluding carboxylic acids is 1. The lowest BCUT2D eigenvalue weighted by atomic mass is 10.1. The third-order valence-corrected chi connectivity index (χ3v) is 2.76. The highest BCUT2D eigenvalue weighted by Crippen LogP contribution is 2.12. The number of hydrogen-bond donors (Lipinski definition) is 0. The van der Waals surface area contributed by atoms with E-state index in [9.17, 15) is 9.70 Å². The van der Waals surface area contributed by atoms with E-state index in [-0.39, 0.29) is 5.57 Å². The highest BCUT2D eigenvalue weighted by molar-refractivity contribution is 6.02. The van der Waals surface area contributed by atoms with Gasteiger partial charge in [0.2, 0.25) is 0 Å². The third-order valence-electron chi connectivity index (χ3n) is 2.76. The minimum absolute atomic E-state index is 0.250. The van der Waals surface area contributed by atoms with E-state index in [0.717, 1.165) is 16.9 Å². The van der Waals surface area contributed by atoms with Crippen molar-refractivity contribution in [2.75, 3.05) is 0 Å². The van der Waals surface area contributed by atoms with Crippen molar-refractivity contribution in [3.8, 4) is 0 Å². The van der Waals surface area contributed by atoms with Crippen LogP contribution in [0.25, 0.3) is 0 Å². The van der Waals surface area contributed by atoms with Gasteiger partial charge in [0, 0.05) is 22.2 Å². The van der Waals surface area contributed by atoms with Gasteiger partial charge in [-0.05, 0) is 40.2 Å². The first-order chi connectivity index (χ1) is 8.87. The van der Waals surface area contributed by atoms with E-state index in [1.54, 1.807) is 13.0 Å². The first-order valence-corrected chi connectivity index (χ1v) is 5.95. The number of nitrogens with zero attached hydrogens (tertiary/aromatic N) is 2. The molecule has 0 spiro atoms. The average Bonchev–Trinajstić information content (AvgIpc) is 2.41. The summed E-state index contributed by atoms with van der Waals surface area (Å²) in [7, 11) is 0. The quantitative estimate of drug-likeness (QED) is 0.323. The highest BCUT2D eigenvalue weighted by atomic mass is 16.3. The molecule has 0 rings (SSSR count). The molecule has 0 atom stereocenters. The Hall–Kier alpha value is -2.10. The predicted octanol–water partition coefficient (Wildman–Crippen LogP) is 4.11. The van der Waals surface area contributed by atoms with E-state index >= 15 is 0 Å². The molecule has 0 bridgehead atoms. The second-order valence-electron chi connectivity index (χ2n) is 4.14. The summed E-state index contributed by atoms with van der Waals surface area (Å²) in [5, 5.41) is 2.38. The Morgan fingerprint density at radius 3 is 2.16 bits per heavy atom. The summed E-state index contributed by atoms with van der Waals surface area (Å²) in [5.74, 6) is -0.789. The van der Waals surface area contributed by atoms with Gasteiger partial charge in [0.1, 0.15) is 0 Å². The highest BCUT2D eigenvalue weighted by Gasteiger charge is 2.08. The monoisotopic (exact) mass is 260 g/mol. The van der Waals surface area contributed by atoms with Gasteiger partial charge in [-0.1, -0.05) is 30.4 Å². The molecular weight excluding hydrogens is 240 g/mol. The molecule has 0 aromatic carbocycles. The second kappa shape index (κ2) is 8.08. The molecule has 1 amide bonds. The zero-order chi connectivity index (χ0) is 15.0. The molecule has 0 aliphatic carbocycles. The Labute approximate surface area is 114 Å². The normalized spacial score (nSPS) is 14.9. The summed E-state index contributed by atoms with van der Waals surface area (Å²) in [5.41, 5.74) is 3.42. The molecule has 19 heavy (non-hydrogen) atoms. The van der Waals surface area contributed by atoms with Crippen LogP contribution in [0.2, 0.25) is 0 Å². The Morgan fingerprint density at radius 1 is 1.16 bits per heavy atom. The number of carbonyl (C=O) groups is 1. The molecule has 102 valence electrons. The van der Waals surface area contributed by atoms with Crippen LogP contribution in [0, 0.1) is 4.91 Å². The van der Waals surface area contributed by atoms with Crippen LogP contribution in [0.1, 0.15) is 34.6 Å². The minimum Gasteiger partial charge on any atom is -0.264 e. The molecule has 0 fully saturated rings. The van der Waals surface area contributed by atoms with Crippen LogP contribution in [0.15, 0.2) is 57.4 Å². The summed E-state index contributed by atoms with van der Waals surface area (Å²) in [6.07, 6.45) is 5.63. The summed E-state index contributed by atoms with van der Waals surface area (Å²) in [6, 6.07) is 0. The summed E-state index contributed by atoms with van der Waals surface area (Å²) in [4.78, 5) is 25.7. The molecule has 4 heteroatoms. The lowest BCUT2D eigenvalue weighted by Crippen LogP contribution is -2.00. The standard InChI is InChI=1S/C15H20N2O2/c1-7-10(3)9-14(8-2)13(6)16-12(5)11(4)15(18)17-19/h7-9H,2H2,1,3-6H3/b10-7-,12-11+,14-9+,16-13+. The van der Waals surface area contributed by atoms with E-state index in [1.807, 2.05) is 32.9 Å². The van der Waals surface area contributed by atoms with Gasteiger partial charge in [-0.3, -0.25) is 9.79 Å². The van der Waals surface area contributed by atoms with Crippen LogP contribution in [-0.4, -0.2) is 11.6 Å². The average molecular weight is 260 g/mol. The van der Waals surface area contributed by atoms with Gasteiger partial charge in [-0.25, -0.2) is 0 Å². The van der Waals surface area contributed by atoms with Gasteiger partial charge in [0.05, 0.1) is 0 Å². The van der Waals surface area contributed by atoms with Crippen molar-refractivity contribution in [3.05, 3.63) is 52.1 Å². The first-order valence-electron chi connectivity index (χ1n) is 5.95. The molecule has 0 saturated heterocycles. The lowest BCUT2D eigenvalue weighted by molar-refractivity contribution is -0.114. The molecule has 0 aliphatic rings. The van der Waals surface area contributed by atoms with Gasteiger partial charge in [0.25, 0.3) is 0 Å². The fraction of sp³-hybridized carbons (Fsp3) is 0.333. The van der Waals surface area contributed by atoms with Gasteiger partial charge < -0.3 is 0 Å². The number of aliphatic imine (C=N–C) groups is 1. The van der Waals surface area contributed by atoms with Crippen molar-refractivity contribution in [1.82, 2.24) is 0 Å². The van der Waals surface area contributed by atoms with E-state index in [2.05, 4.69) is 16.7 Å². The lowest BCUT2D eigenvalue weighted by Gasteiger charge is -2.04. The fourth-order valence-electron chi connectivity index (χ4n) is 1.26. The smallest absolute Gasteiger partial charge is 0.264 e. The number of nitroso groups, excluding NO2 is 1. The maximum Gasteiger partial charge on any atom is 0.314 e. The topological polar surface area (TPSA) is 58.9 Å². The zero-order valence-corrected chi connectivity index (χ0v) is 12.2. The van der Waals surface area contributed by atoms with Crippen LogP contribution in [0.3, 0.4) is 0 Å². The molecule has 0 aromatic heterocycles. The summed E-state index contributed by atoms with van der Waals surface area (Å²) < 4.78 is 0. The summed E-state index contributed by atoms with van der Waals surface area (Å²) >= 11 is 0. The maximum absolute atomic E-state index is 11.1. The van der Waals surface area contributed by atoms with Crippen molar-refractivity contribution in [2.45, 2.75) is 34.6 Å². The molecular formula is C15H20N2O2. The second-order valence-corrected chi connectivity index (χ2v) is 4.14. The molecule has 0 N–H and O–H groups in total.